The van der Waals surface area contributed by atoms with E-state index >= 15 is 0 Å². The molecule has 0 radical (unpaired) electrons. The van der Waals surface area contributed by atoms with Gasteiger partial charge in [-0.2, -0.15) is 0 Å². The number of hydrogen-bond donors (Lipinski definition) is 1. The Balaban J connectivity index is 2.46. The van der Waals surface area contributed by atoms with E-state index in [2.05, 4.69) is 31.9 Å². The quantitative estimate of drug-likeness (QED) is 0.724. The smallest absolute Gasteiger partial charge is 0.194 e. The van der Waals surface area contributed by atoms with Crippen molar-refractivity contribution in [1.29, 1.82) is 0 Å². The topological polar surface area (TPSA) is 26.0 Å². The Morgan fingerprint density at radius 3 is 2.06 bits per heavy atom. The van der Waals surface area contributed by atoms with Crippen molar-refractivity contribution in [2.75, 3.05) is 0 Å². The zero-order valence-electron chi connectivity index (χ0n) is 8.68. The van der Waals surface area contributed by atoms with Gasteiger partial charge in [-0.05, 0) is 61.2 Å². The monoisotopic (exact) mass is 399 g/mol. The molecule has 0 saturated heterocycles. The Hall–Kier alpha value is -0.370. The maximum atomic E-state index is 13.1. The summed E-state index contributed by atoms with van der Waals surface area (Å²) in [5.74, 6) is -3.98. The first-order valence-corrected chi connectivity index (χ1v) is 7.15. The maximum Gasteiger partial charge on any atom is 0.194 e. The van der Waals surface area contributed by atoms with Gasteiger partial charge in [0.1, 0.15) is 0 Å². The Labute approximate surface area is 122 Å². The fraction of sp³-hybridized carbons (Fsp3) is 0.0909. The highest BCUT2D eigenvalue weighted by Crippen LogP contribution is 2.37. The average molecular weight is 401 g/mol. The van der Waals surface area contributed by atoms with Crippen LogP contribution in [0, 0.1) is 17.5 Å². The molecule has 0 amide bonds. The minimum absolute atomic E-state index is 0.178. The van der Waals surface area contributed by atoms with Gasteiger partial charge in [0.15, 0.2) is 17.5 Å². The molecule has 0 bridgehead atoms. The van der Waals surface area contributed by atoms with Gasteiger partial charge in [-0.25, -0.2) is 13.2 Å². The third-order valence-electron chi connectivity index (χ3n) is 2.38. The van der Waals surface area contributed by atoms with Crippen molar-refractivity contribution < 1.29 is 13.2 Å². The Kier molecular flexibility index (Phi) is 4.15. The van der Waals surface area contributed by atoms with Crippen LogP contribution < -0.4 is 5.73 Å². The van der Waals surface area contributed by atoms with E-state index in [0.717, 1.165) is 19.7 Å². The van der Waals surface area contributed by atoms with Crippen molar-refractivity contribution in [2.24, 2.45) is 5.73 Å². The first-order chi connectivity index (χ1) is 8.40. The van der Waals surface area contributed by atoms with Crippen LogP contribution in [0.2, 0.25) is 0 Å². The molecule has 2 N–H and O–H groups in total. The molecule has 0 aliphatic carbocycles. The first-order valence-electron chi connectivity index (χ1n) is 4.75. The van der Waals surface area contributed by atoms with Gasteiger partial charge in [0.05, 0.1) is 13.6 Å². The van der Waals surface area contributed by atoms with Crippen LogP contribution in [0.4, 0.5) is 13.2 Å². The van der Waals surface area contributed by atoms with Crippen molar-refractivity contribution in [1.82, 2.24) is 0 Å². The van der Waals surface area contributed by atoms with Crippen LogP contribution in [0.15, 0.2) is 25.8 Å². The SMILES string of the molecule is NC(c1cc(F)c(F)c(F)c1)c1cc(Br)sc1Br. The van der Waals surface area contributed by atoms with Crippen molar-refractivity contribution in [3.8, 4) is 0 Å². The van der Waals surface area contributed by atoms with Crippen LogP contribution in [0.5, 0.6) is 0 Å². The summed E-state index contributed by atoms with van der Waals surface area (Å²) in [5, 5.41) is 0. The fourth-order valence-electron chi connectivity index (χ4n) is 1.50. The minimum Gasteiger partial charge on any atom is -0.320 e. The molecule has 0 fully saturated rings. The molecule has 0 saturated carbocycles. The maximum absolute atomic E-state index is 13.1. The molecule has 18 heavy (non-hydrogen) atoms. The third kappa shape index (κ3) is 2.64. The van der Waals surface area contributed by atoms with Gasteiger partial charge in [0.2, 0.25) is 0 Å². The Bertz CT molecular complexity index is 577. The molecule has 0 aliphatic heterocycles. The molecule has 1 nitrogen and oxygen atoms in total. The zero-order chi connectivity index (χ0) is 13.4. The number of halogens is 5. The summed E-state index contributed by atoms with van der Waals surface area (Å²) in [5.41, 5.74) is 6.77. The summed E-state index contributed by atoms with van der Waals surface area (Å²) < 4.78 is 40.7. The van der Waals surface area contributed by atoms with Gasteiger partial charge in [-0.1, -0.05) is 0 Å². The second-order valence-electron chi connectivity index (χ2n) is 3.56. The van der Waals surface area contributed by atoms with Crippen LogP contribution in [0.25, 0.3) is 0 Å². The zero-order valence-corrected chi connectivity index (χ0v) is 12.7. The molecule has 1 unspecified atom stereocenters. The van der Waals surface area contributed by atoms with Gasteiger partial charge in [0.25, 0.3) is 0 Å². The summed E-state index contributed by atoms with van der Waals surface area (Å²) >= 11 is 8.00. The second kappa shape index (κ2) is 5.32. The molecule has 1 aromatic carbocycles. The van der Waals surface area contributed by atoms with E-state index in [-0.39, 0.29) is 5.56 Å². The number of benzene rings is 1. The van der Waals surface area contributed by atoms with Crippen LogP contribution in [-0.2, 0) is 0 Å². The van der Waals surface area contributed by atoms with E-state index in [1.807, 2.05) is 0 Å². The fourth-order valence-corrected chi connectivity index (χ4v) is 4.43. The van der Waals surface area contributed by atoms with Crippen LogP contribution in [0.1, 0.15) is 17.2 Å². The third-order valence-corrected chi connectivity index (χ3v) is 4.77. The molecule has 0 aliphatic rings. The largest absolute Gasteiger partial charge is 0.320 e. The lowest BCUT2D eigenvalue weighted by Gasteiger charge is -2.12. The molecular weight excluding hydrogens is 395 g/mol. The molecule has 2 aromatic rings. The van der Waals surface area contributed by atoms with Crippen LogP contribution in [0.3, 0.4) is 0 Å². The Morgan fingerprint density at radius 1 is 1.06 bits per heavy atom. The second-order valence-corrected chi connectivity index (χ2v) is 7.31. The van der Waals surface area contributed by atoms with Crippen molar-refractivity contribution in [2.45, 2.75) is 6.04 Å². The molecule has 1 aromatic heterocycles. The standard InChI is InChI=1S/C11H6Br2F3NS/c12-8-3-5(11(13)18-8)10(17)4-1-6(14)9(16)7(15)2-4/h1-3,10H,17H2. The lowest BCUT2D eigenvalue weighted by Crippen LogP contribution is -2.12. The number of rotatable bonds is 2. The molecule has 2 rings (SSSR count). The Morgan fingerprint density at radius 2 is 1.61 bits per heavy atom. The summed E-state index contributed by atoms with van der Waals surface area (Å²) in [6.45, 7) is 0. The lowest BCUT2D eigenvalue weighted by molar-refractivity contribution is 0.444. The van der Waals surface area contributed by atoms with E-state index in [9.17, 15) is 13.2 Å². The molecule has 1 heterocycles. The summed E-state index contributed by atoms with van der Waals surface area (Å²) in [6, 6.07) is 2.83. The van der Waals surface area contributed by atoms with Crippen molar-refractivity contribution >= 4 is 43.2 Å². The normalized spacial score (nSPS) is 12.8. The van der Waals surface area contributed by atoms with E-state index in [1.165, 1.54) is 11.3 Å². The lowest BCUT2D eigenvalue weighted by atomic mass is 10.0. The van der Waals surface area contributed by atoms with E-state index in [0.29, 0.717) is 5.56 Å². The van der Waals surface area contributed by atoms with E-state index in [1.54, 1.807) is 6.07 Å². The van der Waals surface area contributed by atoms with Crippen LogP contribution in [-0.4, -0.2) is 0 Å². The average Bonchev–Trinajstić information content (AvgIpc) is 2.63. The van der Waals surface area contributed by atoms with Gasteiger partial charge in [0, 0.05) is 0 Å². The van der Waals surface area contributed by atoms with Crippen molar-refractivity contribution in [3.05, 3.63) is 54.4 Å². The van der Waals surface area contributed by atoms with E-state index in [4.69, 9.17) is 5.73 Å². The molecule has 1 atom stereocenters. The molecule has 7 heteroatoms. The van der Waals surface area contributed by atoms with Crippen LogP contribution >= 0.6 is 43.2 Å². The number of hydrogen-bond acceptors (Lipinski definition) is 2. The molecule has 0 spiro atoms. The minimum atomic E-state index is -1.49. The van der Waals surface area contributed by atoms with Gasteiger partial charge in [-0.3, -0.25) is 0 Å². The van der Waals surface area contributed by atoms with Gasteiger partial charge >= 0.3 is 0 Å². The predicted molar refractivity (Wildman–Crippen MR) is 72.1 cm³/mol. The summed E-state index contributed by atoms with van der Waals surface area (Å²) in [4.78, 5) is 0. The highest BCUT2D eigenvalue weighted by atomic mass is 79.9. The highest BCUT2D eigenvalue weighted by Gasteiger charge is 2.19. The molecule has 96 valence electrons. The van der Waals surface area contributed by atoms with Crippen molar-refractivity contribution in [3.63, 3.8) is 0 Å². The van der Waals surface area contributed by atoms with Gasteiger partial charge < -0.3 is 5.73 Å². The van der Waals surface area contributed by atoms with E-state index < -0.39 is 23.5 Å². The number of nitrogens with two attached hydrogens (primary N) is 1. The summed E-state index contributed by atoms with van der Waals surface area (Å²) in [6.07, 6.45) is 0. The first kappa shape index (κ1) is 14.0. The number of thiophene rings is 1. The summed E-state index contributed by atoms with van der Waals surface area (Å²) in [7, 11) is 0. The van der Waals surface area contributed by atoms with Gasteiger partial charge in [-0.15, -0.1) is 11.3 Å². The highest BCUT2D eigenvalue weighted by molar-refractivity contribution is 9.12. The molecular formula is C11H6Br2F3NS. The predicted octanol–water partition coefficient (Wildman–Crippen LogP) is 4.74.